The Balaban J connectivity index is 1.68. The number of anilines is 2. The van der Waals surface area contributed by atoms with Crippen LogP contribution in [0.5, 0.6) is 11.5 Å². The zero-order valence-electron chi connectivity index (χ0n) is 14.9. The molecule has 0 bridgehead atoms. The number of nitro benzene ring substituents is 1. The third-order valence-electron chi connectivity index (χ3n) is 3.65. The zero-order chi connectivity index (χ0) is 19.9. The van der Waals surface area contributed by atoms with Gasteiger partial charge in [0.1, 0.15) is 12.4 Å². The van der Waals surface area contributed by atoms with Gasteiger partial charge in [0.25, 0.3) is 5.69 Å². The summed E-state index contributed by atoms with van der Waals surface area (Å²) in [7, 11) is 1.52. The van der Waals surface area contributed by atoms with Gasteiger partial charge in [-0.2, -0.15) is 5.10 Å². The average Bonchev–Trinajstić information content (AvgIpc) is 3.12. The molecule has 3 rings (SSSR count). The first-order valence-electron chi connectivity index (χ1n) is 8.10. The number of rotatable bonds is 8. The van der Waals surface area contributed by atoms with Gasteiger partial charge in [-0.05, 0) is 29.8 Å². The molecule has 0 aliphatic heterocycles. The van der Waals surface area contributed by atoms with Gasteiger partial charge in [-0.15, -0.1) is 11.3 Å². The number of aromatic nitrogens is 1. The summed E-state index contributed by atoms with van der Waals surface area (Å²) >= 11 is 1.35. The Morgan fingerprint density at radius 3 is 2.86 bits per heavy atom. The number of nitrogens with one attached hydrogen (secondary N) is 1. The molecule has 3 N–H and O–H groups in total. The fourth-order valence-corrected chi connectivity index (χ4v) is 2.90. The van der Waals surface area contributed by atoms with E-state index in [1.165, 1.54) is 24.5 Å². The van der Waals surface area contributed by atoms with Crippen LogP contribution >= 0.6 is 11.3 Å². The molecule has 2 aromatic carbocycles. The van der Waals surface area contributed by atoms with Crippen LogP contribution in [0.2, 0.25) is 0 Å². The predicted molar refractivity (Wildman–Crippen MR) is 108 cm³/mol. The van der Waals surface area contributed by atoms with Crippen molar-refractivity contribution in [1.82, 2.24) is 4.98 Å². The van der Waals surface area contributed by atoms with Crippen molar-refractivity contribution in [3.8, 4) is 11.5 Å². The zero-order valence-corrected chi connectivity index (χ0v) is 15.7. The standard InChI is InChI=1S/C18H17N5O4S/c1-26-16-8-12(9-20-22-18-21-17(19)11-28-18)6-7-15(16)27-10-13-4-2-3-5-14(13)23(24)25/h2-9,11H,10,19H2,1H3,(H,21,22). The highest BCUT2D eigenvalue weighted by Crippen LogP contribution is 2.29. The summed E-state index contributed by atoms with van der Waals surface area (Å²) in [5.41, 5.74) is 9.60. The van der Waals surface area contributed by atoms with Gasteiger partial charge in [-0.25, -0.2) is 4.98 Å². The molecule has 0 fully saturated rings. The SMILES string of the molecule is COc1cc(C=NNc2nc(N)cs2)ccc1OCc1ccccc1[N+](=O)[O-]. The van der Waals surface area contributed by atoms with Crippen molar-refractivity contribution < 1.29 is 14.4 Å². The van der Waals surface area contributed by atoms with Gasteiger partial charge >= 0.3 is 0 Å². The quantitative estimate of drug-likeness (QED) is 0.336. The largest absolute Gasteiger partial charge is 0.493 e. The maximum absolute atomic E-state index is 11.1. The third kappa shape index (κ3) is 4.74. The van der Waals surface area contributed by atoms with Gasteiger partial charge in [0.2, 0.25) is 5.13 Å². The fourth-order valence-electron chi connectivity index (χ4n) is 2.35. The van der Waals surface area contributed by atoms with Crippen LogP contribution in [0.1, 0.15) is 11.1 Å². The van der Waals surface area contributed by atoms with E-state index in [0.717, 1.165) is 5.56 Å². The lowest BCUT2D eigenvalue weighted by Crippen LogP contribution is -2.02. The molecule has 0 atom stereocenters. The van der Waals surface area contributed by atoms with Crippen molar-refractivity contribution in [1.29, 1.82) is 0 Å². The Kier molecular flexibility index (Phi) is 6.02. The second kappa shape index (κ2) is 8.82. The molecular formula is C18H17N5O4S. The highest BCUT2D eigenvalue weighted by Gasteiger charge is 2.14. The Hall–Kier alpha value is -3.66. The molecule has 144 valence electrons. The fraction of sp³-hybridized carbons (Fsp3) is 0.111. The van der Waals surface area contributed by atoms with Crippen LogP contribution < -0.4 is 20.6 Å². The van der Waals surface area contributed by atoms with Gasteiger partial charge in [0.05, 0.1) is 23.8 Å². The normalized spacial score (nSPS) is 10.8. The third-order valence-corrected chi connectivity index (χ3v) is 4.42. The van der Waals surface area contributed by atoms with Crippen molar-refractivity contribution in [2.75, 3.05) is 18.3 Å². The maximum atomic E-state index is 11.1. The number of hydrogen-bond acceptors (Lipinski definition) is 9. The van der Waals surface area contributed by atoms with Crippen LogP contribution in [0.15, 0.2) is 52.9 Å². The Bertz CT molecular complexity index is 1010. The first-order chi connectivity index (χ1) is 13.6. The van der Waals surface area contributed by atoms with Crippen molar-refractivity contribution in [2.24, 2.45) is 5.10 Å². The molecule has 1 heterocycles. The summed E-state index contributed by atoms with van der Waals surface area (Å²) in [4.78, 5) is 14.7. The molecule has 0 spiro atoms. The number of nitro groups is 1. The van der Waals surface area contributed by atoms with Gasteiger partial charge < -0.3 is 15.2 Å². The minimum absolute atomic E-state index is 0.0131. The summed E-state index contributed by atoms with van der Waals surface area (Å²) in [6.07, 6.45) is 1.60. The maximum Gasteiger partial charge on any atom is 0.276 e. The lowest BCUT2D eigenvalue weighted by Gasteiger charge is -2.11. The molecule has 0 saturated heterocycles. The number of methoxy groups -OCH3 is 1. The molecule has 1 aromatic heterocycles. The first-order valence-corrected chi connectivity index (χ1v) is 8.98. The molecule has 0 saturated carbocycles. The average molecular weight is 399 g/mol. The molecule has 0 aliphatic rings. The van der Waals surface area contributed by atoms with E-state index in [-0.39, 0.29) is 12.3 Å². The molecule has 10 heteroatoms. The minimum Gasteiger partial charge on any atom is -0.493 e. The molecular weight excluding hydrogens is 382 g/mol. The van der Waals surface area contributed by atoms with Crippen molar-refractivity contribution >= 4 is 34.2 Å². The second-order valence-corrected chi connectivity index (χ2v) is 6.39. The summed E-state index contributed by atoms with van der Waals surface area (Å²) in [6.45, 7) is 0.0496. The van der Waals surface area contributed by atoms with E-state index < -0.39 is 4.92 Å². The molecule has 3 aromatic rings. The van der Waals surface area contributed by atoms with E-state index in [9.17, 15) is 10.1 Å². The highest BCUT2D eigenvalue weighted by atomic mass is 32.1. The second-order valence-electron chi connectivity index (χ2n) is 5.53. The van der Waals surface area contributed by atoms with E-state index in [0.29, 0.717) is 28.0 Å². The van der Waals surface area contributed by atoms with Gasteiger partial charge in [0.15, 0.2) is 11.5 Å². The molecule has 0 unspecified atom stereocenters. The molecule has 0 amide bonds. The van der Waals surface area contributed by atoms with E-state index in [1.54, 1.807) is 48.0 Å². The van der Waals surface area contributed by atoms with Crippen molar-refractivity contribution in [2.45, 2.75) is 6.61 Å². The van der Waals surface area contributed by atoms with Crippen LogP contribution in [-0.2, 0) is 6.61 Å². The highest BCUT2D eigenvalue weighted by molar-refractivity contribution is 7.14. The molecule has 9 nitrogen and oxygen atoms in total. The summed E-state index contributed by atoms with van der Waals surface area (Å²) in [6, 6.07) is 11.7. The van der Waals surface area contributed by atoms with E-state index in [1.807, 2.05) is 0 Å². The molecule has 0 radical (unpaired) electrons. The lowest BCUT2D eigenvalue weighted by molar-refractivity contribution is -0.385. The van der Waals surface area contributed by atoms with Gasteiger partial charge in [-0.3, -0.25) is 15.5 Å². The van der Waals surface area contributed by atoms with Crippen LogP contribution in [0.4, 0.5) is 16.6 Å². The minimum atomic E-state index is -0.432. The van der Waals surface area contributed by atoms with Crippen LogP contribution in [0.25, 0.3) is 0 Å². The van der Waals surface area contributed by atoms with Crippen LogP contribution in [-0.4, -0.2) is 23.2 Å². The smallest absolute Gasteiger partial charge is 0.276 e. The Labute approximate surface area is 164 Å². The number of nitrogens with two attached hydrogens (primary N) is 1. The number of hydrazone groups is 1. The van der Waals surface area contributed by atoms with Crippen molar-refractivity contribution in [3.63, 3.8) is 0 Å². The summed E-state index contributed by atoms with van der Waals surface area (Å²) in [5.74, 6) is 1.39. The van der Waals surface area contributed by atoms with E-state index in [4.69, 9.17) is 15.2 Å². The van der Waals surface area contributed by atoms with Crippen molar-refractivity contribution in [3.05, 3.63) is 69.1 Å². The molecule has 0 aliphatic carbocycles. The predicted octanol–water partition coefficient (Wildman–Crippen LogP) is 3.67. The number of benzene rings is 2. The van der Waals surface area contributed by atoms with E-state index >= 15 is 0 Å². The Morgan fingerprint density at radius 1 is 1.32 bits per heavy atom. The Morgan fingerprint density at radius 2 is 2.14 bits per heavy atom. The lowest BCUT2D eigenvalue weighted by atomic mass is 10.2. The monoisotopic (exact) mass is 399 g/mol. The number of nitrogens with zero attached hydrogens (tertiary/aromatic N) is 3. The number of ether oxygens (including phenoxy) is 2. The number of hydrogen-bond donors (Lipinski definition) is 2. The number of para-hydroxylation sites is 1. The summed E-state index contributed by atoms with van der Waals surface area (Å²) in [5, 5.41) is 17.5. The molecule has 28 heavy (non-hydrogen) atoms. The number of nitrogen functional groups attached to an aromatic ring is 1. The van der Waals surface area contributed by atoms with Crippen LogP contribution in [0, 0.1) is 10.1 Å². The topological polar surface area (TPSA) is 125 Å². The van der Waals surface area contributed by atoms with Gasteiger partial charge in [-0.1, -0.05) is 12.1 Å². The number of thiazole rings is 1. The summed E-state index contributed by atoms with van der Waals surface area (Å²) < 4.78 is 11.1. The van der Waals surface area contributed by atoms with Crippen LogP contribution in [0.3, 0.4) is 0 Å². The van der Waals surface area contributed by atoms with E-state index in [2.05, 4.69) is 15.5 Å². The van der Waals surface area contributed by atoms with Gasteiger partial charge in [0, 0.05) is 11.4 Å². The first kappa shape index (κ1) is 19.1.